The Morgan fingerprint density at radius 3 is 2.29 bits per heavy atom. The molecule has 0 amide bonds. The second kappa shape index (κ2) is 4.45. The van der Waals surface area contributed by atoms with Gasteiger partial charge in [-0.25, -0.2) is 4.52 Å². The third-order valence-corrected chi connectivity index (χ3v) is 4.06. The van der Waals surface area contributed by atoms with Crippen molar-refractivity contribution in [1.82, 2.24) is 9.61 Å². The van der Waals surface area contributed by atoms with Gasteiger partial charge in [0.15, 0.2) is 0 Å². The molecule has 2 aromatic heterocycles. The number of aryl methyl sites for hydroxylation is 2. The maximum atomic E-state index is 4.77. The van der Waals surface area contributed by atoms with Crippen LogP contribution in [0.3, 0.4) is 0 Å². The minimum Gasteiger partial charge on any atom is -0.240 e. The average molecular weight is 272 g/mol. The second-order valence-corrected chi connectivity index (χ2v) is 5.57. The van der Waals surface area contributed by atoms with Gasteiger partial charge in [-0.2, -0.15) is 5.10 Å². The lowest BCUT2D eigenvalue weighted by Gasteiger charge is -2.05. The quantitative estimate of drug-likeness (QED) is 0.488. The fraction of sp³-hybridized carbons (Fsp3) is 0.105. The molecule has 2 heteroatoms. The molecule has 0 aliphatic rings. The lowest BCUT2D eigenvalue weighted by atomic mass is 10.0. The topological polar surface area (TPSA) is 17.3 Å². The normalized spacial score (nSPS) is 11.3. The molecule has 0 saturated carbocycles. The van der Waals surface area contributed by atoms with E-state index >= 15 is 0 Å². The van der Waals surface area contributed by atoms with E-state index < -0.39 is 0 Å². The number of hydrogen-bond acceptors (Lipinski definition) is 1. The number of rotatable bonds is 1. The summed E-state index contributed by atoms with van der Waals surface area (Å²) >= 11 is 0. The van der Waals surface area contributed by atoms with E-state index in [4.69, 9.17) is 5.10 Å². The average Bonchev–Trinajstić information content (AvgIpc) is 2.86. The SMILES string of the molecule is Cc1cccc(C)c1-c1cc2cc3ccccc3cn2n1. The first-order valence-corrected chi connectivity index (χ1v) is 7.17. The lowest BCUT2D eigenvalue weighted by Crippen LogP contribution is -1.90. The molecule has 0 aliphatic heterocycles. The van der Waals surface area contributed by atoms with Crippen LogP contribution in [0.5, 0.6) is 0 Å². The van der Waals surface area contributed by atoms with Crippen LogP contribution < -0.4 is 0 Å². The van der Waals surface area contributed by atoms with Gasteiger partial charge in [-0.15, -0.1) is 0 Å². The van der Waals surface area contributed by atoms with E-state index in [-0.39, 0.29) is 0 Å². The van der Waals surface area contributed by atoms with Gasteiger partial charge in [0.1, 0.15) is 0 Å². The minimum absolute atomic E-state index is 1.04. The molecule has 21 heavy (non-hydrogen) atoms. The minimum atomic E-state index is 1.04. The Morgan fingerprint density at radius 1 is 0.810 bits per heavy atom. The van der Waals surface area contributed by atoms with Crippen LogP contribution >= 0.6 is 0 Å². The molecule has 0 saturated heterocycles. The maximum Gasteiger partial charge on any atom is 0.0939 e. The summed E-state index contributed by atoms with van der Waals surface area (Å²) in [6.45, 7) is 4.28. The summed E-state index contributed by atoms with van der Waals surface area (Å²) in [4.78, 5) is 0. The standard InChI is InChI=1S/C19H16N2/c1-13-6-5-7-14(2)19(13)18-11-17-10-15-8-3-4-9-16(15)12-21(17)20-18/h3-12H,1-2H3. The summed E-state index contributed by atoms with van der Waals surface area (Å²) in [5.41, 5.74) is 5.95. The first-order valence-electron chi connectivity index (χ1n) is 7.17. The summed E-state index contributed by atoms with van der Waals surface area (Å²) < 4.78 is 1.98. The highest BCUT2D eigenvalue weighted by Crippen LogP contribution is 2.28. The van der Waals surface area contributed by atoms with Crippen molar-refractivity contribution >= 4 is 16.3 Å². The summed E-state index contributed by atoms with van der Waals surface area (Å²) in [6.07, 6.45) is 2.10. The van der Waals surface area contributed by atoms with Crippen molar-refractivity contribution in [3.8, 4) is 11.3 Å². The Labute approximate surface area is 123 Å². The van der Waals surface area contributed by atoms with Gasteiger partial charge in [0, 0.05) is 17.1 Å². The molecule has 0 aliphatic carbocycles. The first kappa shape index (κ1) is 12.2. The van der Waals surface area contributed by atoms with Crippen LogP contribution in [0, 0.1) is 13.8 Å². The summed E-state index contributed by atoms with van der Waals surface area (Å²) in [5, 5.41) is 7.23. The Hall–Kier alpha value is -2.61. The zero-order valence-electron chi connectivity index (χ0n) is 12.2. The fourth-order valence-corrected chi connectivity index (χ4v) is 3.01. The first-order chi connectivity index (χ1) is 10.2. The Morgan fingerprint density at radius 2 is 1.52 bits per heavy atom. The Bertz CT molecular complexity index is 891. The van der Waals surface area contributed by atoms with Crippen molar-refractivity contribution in [3.05, 3.63) is 71.9 Å². The molecular weight excluding hydrogens is 256 g/mol. The van der Waals surface area contributed by atoms with Crippen LogP contribution in [0.15, 0.2) is 60.8 Å². The lowest BCUT2D eigenvalue weighted by molar-refractivity contribution is 0.972. The van der Waals surface area contributed by atoms with Gasteiger partial charge in [-0.05, 0) is 42.5 Å². The van der Waals surface area contributed by atoms with Gasteiger partial charge in [-0.1, -0.05) is 42.5 Å². The molecule has 0 radical (unpaired) electrons. The van der Waals surface area contributed by atoms with Crippen molar-refractivity contribution in [2.45, 2.75) is 13.8 Å². The predicted molar refractivity (Wildman–Crippen MR) is 87.6 cm³/mol. The highest BCUT2D eigenvalue weighted by Gasteiger charge is 2.10. The molecule has 102 valence electrons. The number of aromatic nitrogens is 2. The van der Waals surface area contributed by atoms with E-state index in [9.17, 15) is 0 Å². The van der Waals surface area contributed by atoms with Crippen LogP contribution in [0.4, 0.5) is 0 Å². The number of fused-ring (bicyclic) bond motifs is 2. The van der Waals surface area contributed by atoms with Crippen molar-refractivity contribution < 1.29 is 0 Å². The molecule has 0 unspecified atom stereocenters. The molecular formula is C19H16N2. The largest absolute Gasteiger partial charge is 0.240 e. The van der Waals surface area contributed by atoms with E-state index in [1.165, 1.54) is 27.5 Å². The molecule has 0 N–H and O–H groups in total. The van der Waals surface area contributed by atoms with Gasteiger partial charge in [0.25, 0.3) is 0 Å². The van der Waals surface area contributed by atoms with E-state index in [1.807, 2.05) is 4.52 Å². The van der Waals surface area contributed by atoms with Crippen molar-refractivity contribution in [2.75, 3.05) is 0 Å². The molecule has 2 nitrogen and oxygen atoms in total. The summed E-state index contributed by atoms with van der Waals surface area (Å²) in [7, 11) is 0. The molecule has 0 atom stereocenters. The highest BCUT2D eigenvalue weighted by atomic mass is 15.2. The predicted octanol–water partition coefficient (Wildman–Crippen LogP) is 4.77. The van der Waals surface area contributed by atoms with Crippen LogP contribution in [0.25, 0.3) is 27.5 Å². The molecule has 0 fully saturated rings. The van der Waals surface area contributed by atoms with Gasteiger partial charge >= 0.3 is 0 Å². The third-order valence-electron chi connectivity index (χ3n) is 4.06. The van der Waals surface area contributed by atoms with Crippen molar-refractivity contribution in [1.29, 1.82) is 0 Å². The zero-order chi connectivity index (χ0) is 14.4. The number of pyridine rings is 1. The molecule has 4 rings (SSSR count). The van der Waals surface area contributed by atoms with Crippen LogP contribution in [-0.4, -0.2) is 9.61 Å². The monoisotopic (exact) mass is 272 g/mol. The molecule has 0 spiro atoms. The molecule has 4 aromatic rings. The summed E-state index contributed by atoms with van der Waals surface area (Å²) in [6, 6.07) is 19.1. The fourth-order valence-electron chi connectivity index (χ4n) is 3.01. The smallest absolute Gasteiger partial charge is 0.0939 e. The number of hydrogen-bond donors (Lipinski definition) is 0. The number of nitrogens with zero attached hydrogens (tertiary/aromatic N) is 2. The maximum absolute atomic E-state index is 4.77. The van der Waals surface area contributed by atoms with E-state index in [0.29, 0.717) is 0 Å². The zero-order valence-corrected chi connectivity index (χ0v) is 12.2. The van der Waals surface area contributed by atoms with Gasteiger partial charge in [-0.3, -0.25) is 0 Å². The van der Waals surface area contributed by atoms with E-state index in [1.54, 1.807) is 0 Å². The Kier molecular flexibility index (Phi) is 2.58. The number of benzene rings is 2. The van der Waals surface area contributed by atoms with Crippen molar-refractivity contribution in [2.24, 2.45) is 0 Å². The van der Waals surface area contributed by atoms with E-state index in [2.05, 4.69) is 74.6 Å². The third kappa shape index (κ3) is 1.91. The Balaban J connectivity index is 2.00. The van der Waals surface area contributed by atoms with Gasteiger partial charge in [0.2, 0.25) is 0 Å². The van der Waals surface area contributed by atoms with Crippen LogP contribution in [0.1, 0.15) is 11.1 Å². The molecule has 2 heterocycles. The summed E-state index contributed by atoms with van der Waals surface area (Å²) in [5.74, 6) is 0. The van der Waals surface area contributed by atoms with Gasteiger partial charge in [0.05, 0.1) is 11.2 Å². The molecule has 2 aromatic carbocycles. The molecule has 0 bridgehead atoms. The second-order valence-electron chi connectivity index (χ2n) is 5.57. The van der Waals surface area contributed by atoms with Crippen LogP contribution in [0.2, 0.25) is 0 Å². The highest BCUT2D eigenvalue weighted by molar-refractivity contribution is 5.86. The van der Waals surface area contributed by atoms with Gasteiger partial charge < -0.3 is 0 Å². The van der Waals surface area contributed by atoms with Crippen LogP contribution in [-0.2, 0) is 0 Å². The van der Waals surface area contributed by atoms with Crippen molar-refractivity contribution in [3.63, 3.8) is 0 Å². The van der Waals surface area contributed by atoms with E-state index in [0.717, 1.165) is 11.2 Å².